The van der Waals surface area contributed by atoms with Crippen LogP contribution in [0, 0.1) is 0 Å². The van der Waals surface area contributed by atoms with Crippen LogP contribution in [0.25, 0.3) is 0 Å². The first-order valence-electron chi connectivity index (χ1n) is 19.3. The van der Waals surface area contributed by atoms with Gasteiger partial charge in [0.25, 0.3) is 0 Å². The fourth-order valence-corrected chi connectivity index (χ4v) is 5.52. The summed E-state index contributed by atoms with van der Waals surface area (Å²) in [5.41, 5.74) is -0.304. The van der Waals surface area contributed by atoms with Crippen LogP contribution in [0.2, 0.25) is 0 Å². The zero-order valence-electron chi connectivity index (χ0n) is 35.3. The maximum atomic E-state index is 15.2. The van der Waals surface area contributed by atoms with E-state index in [-0.39, 0.29) is 65.5 Å². The monoisotopic (exact) mass is 886 g/mol. The zero-order valence-corrected chi connectivity index (χ0v) is 35.3. The normalized spacial score (nSPS) is 12.5. The molecular formula is C38H55F9N10O4. The molecule has 0 saturated heterocycles. The molecule has 0 spiro atoms. The van der Waals surface area contributed by atoms with Crippen LogP contribution in [0.1, 0.15) is 49.7 Å². The van der Waals surface area contributed by atoms with Crippen LogP contribution >= 0.6 is 0 Å². The fraction of sp³-hybridized carbons (Fsp3) is 0.632. The van der Waals surface area contributed by atoms with Crippen LogP contribution in [0.15, 0.2) is 36.7 Å². The average Bonchev–Trinajstić information content (AvgIpc) is 3.18. The average molecular weight is 887 g/mol. The number of halogens is 9. The van der Waals surface area contributed by atoms with Crippen molar-refractivity contribution in [3.8, 4) is 0 Å². The highest BCUT2D eigenvalue weighted by Crippen LogP contribution is 2.47. The summed E-state index contributed by atoms with van der Waals surface area (Å²) in [5, 5.41) is 4.82. The van der Waals surface area contributed by atoms with Crippen LogP contribution in [0.3, 0.4) is 0 Å². The summed E-state index contributed by atoms with van der Waals surface area (Å²) in [6, 6.07) is 4.42. The Morgan fingerprint density at radius 3 is 1.34 bits per heavy atom. The second kappa shape index (κ2) is 23.0. The van der Waals surface area contributed by atoms with Crippen molar-refractivity contribution in [2.75, 3.05) is 80.5 Å². The molecule has 0 saturated carbocycles. The third-order valence-electron chi connectivity index (χ3n) is 9.23. The number of rotatable bonds is 24. The van der Waals surface area contributed by atoms with Gasteiger partial charge in [-0.15, -0.1) is 0 Å². The van der Waals surface area contributed by atoms with Crippen molar-refractivity contribution in [3.05, 3.63) is 59.2 Å². The van der Waals surface area contributed by atoms with Gasteiger partial charge in [0.2, 0.25) is 11.8 Å². The number of pyridine rings is 2. The maximum Gasteiger partial charge on any atom is 0.460 e. The number of alkyl halides is 9. The van der Waals surface area contributed by atoms with E-state index in [4.69, 9.17) is 0 Å². The molecule has 0 aliphatic carbocycles. The van der Waals surface area contributed by atoms with Crippen molar-refractivity contribution >= 4 is 23.6 Å². The number of nitrogens with zero attached hydrogens (tertiary/aromatic N) is 8. The largest absolute Gasteiger partial charge is 0.460 e. The van der Waals surface area contributed by atoms with Gasteiger partial charge >= 0.3 is 35.8 Å². The third kappa shape index (κ3) is 15.1. The molecule has 2 aromatic heterocycles. The van der Waals surface area contributed by atoms with Crippen molar-refractivity contribution < 1.29 is 58.7 Å². The van der Waals surface area contributed by atoms with E-state index >= 15 is 17.6 Å². The van der Waals surface area contributed by atoms with E-state index in [0.717, 1.165) is 37.5 Å². The number of aromatic nitrogens is 2. The first-order valence-corrected chi connectivity index (χ1v) is 19.3. The molecular weight excluding hydrogens is 831 g/mol. The second-order valence-electron chi connectivity index (χ2n) is 14.5. The Labute approximate surface area is 349 Å². The van der Waals surface area contributed by atoms with E-state index in [1.54, 1.807) is 23.6 Å². The van der Waals surface area contributed by atoms with Crippen LogP contribution in [-0.4, -0.2) is 168 Å². The number of amides is 4. The van der Waals surface area contributed by atoms with Crippen molar-refractivity contribution in [2.24, 2.45) is 0 Å². The van der Waals surface area contributed by atoms with E-state index in [1.165, 1.54) is 6.07 Å². The van der Waals surface area contributed by atoms with E-state index in [0.29, 0.717) is 39.3 Å². The second-order valence-corrected chi connectivity index (χ2v) is 14.5. The van der Waals surface area contributed by atoms with Gasteiger partial charge in [-0.1, -0.05) is 6.92 Å². The van der Waals surface area contributed by atoms with Crippen molar-refractivity contribution in [1.29, 1.82) is 0 Å². The summed E-state index contributed by atoms with van der Waals surface area (Å²) in [4.78, 5) is 67.3. The Bertz CT molecular complexity index is 1750. The number of hydrogen-bond donors (Lipinski definition) is 2. The molecule has 0 unspecified atom stereocenters. The van der Waals surface area contributed by atoms with Crippen molar-refractivity contribution in [1.82, 2.24) is 50.2 Å². The minimum Gasteiger partial charge on any atom is -0.341 e. The summed E-state index contributed by atoms with van der Waals surface area (Å²) < 4.78 is 130. The highest BCUT2D eigenvalue weighted by Gasteiger charge is 2.77. The molecule has 0 atom stereocenters. The maximum absolute atomic E-state index is 15.2. The van der Waals surface area contributed by atoms with Gasteiger partial charge < -0.3 is 30.2 Å². The molecule has 0 aliphatic rings. The van der Waals surface area contributed by atoms with Gasteiger partial charge in [-0.25, -0.2) is 10.0 Å². The lowest BCUT2D eigenvalue weighted by Crippen LogP contribution is -2.64. The fourth-order valence-electron chi connectivity index (χ4n) is 5.52. The number of carbonyl (C=O) groups is 4. The number of nitrogens with one attached hydrogen (secondary N) is 2. The topological polar surface area (TPSA) is 138 Å². The van der Waals surface area contributed by atoms with Gasteiger partial charge in [-0.2, -0.15) is 39.5 Å². The summed E-state index contributed by atoms with van der Waals surface area (Å²) in [6.45, 7) is 3.93. The lowest BCUT2D eigenvalue weighted by atomic mass is 10.1. The van der Waals surface area contributed by atoms with Crippen molar-refractivity contribution in [2.45, 2.75) is 77.3 Å². The van der Waals surface area contributed by atoms with Gasteiger partial charge in [0.15, 0.2) is 0 Å². The molecule has 0 aromatic carbocycles. The number of likely N-dealkylation sites (N-methyl/N-ethyl adjacent to an activating group) is 4. The van der Waals surface area contributed by atoms with Crippen LogP contribution in [0.4, 0.5) is 39.5 Å². The van der Waals surface area contributed by atoms with Gasteiger partial charge in [0, 0.05) is 71.2 Å². The standard InChI is InChI=1S/C38H55F9N10O4/c1-8-35(39,40)33(60)56(25-27-11-13-50-29(19-27)21-48-23-31(58)54(9-2)17-15-52(4)5)57(34(61)36(41,42)37(43,44)38(45,46)47)26-28-12-14-51-30(20-28)22-49-24-32(59)55(10-3)18-16-53(6)7/h11-14,19-20,48-49H,8-10,15-18,21-26H2,1-7H3. The summed E-state index contributed by atoms with van der Waals surface area (Å²) in [6.07, 6.45) is -6.10. The Morgan fingerprint density at radius 1 is 0.607 bits per heavy atom. The Morgan fingerprint density at radius 2 is 1.00 bits per heavy atom. The molecule has 0 fully saturated rings. The first-order chi connectivity index (χ1) is 28.3. The van der Waals surface area contributed by atoms with Crippen LogP contribution < -0.4 is 10.6 Å². The molecule has 2 N–H and O–H groups in total. The highest BCUT2D eigenvalue weighted by atomic mass is 19.4. The van der Waals surface area contributed by atoms with E-state index in [9.17, 15) is 41.1 Å². The molecule has 23 heteroatoms. The van der Waals surface area contributed by atoms with Crippen LogP contribution in [0.5, 0.6) is 0 Å². The van der Waals surface area contributed by atoms with E-state index in [1.807, 2.05) is 38.0 Å². The van der Waals surface area contributed by atoms with Crippen LogP contribution in [-0.2, 0) is 45.4 Å². The lowest BCUT2D eigenvalue weighted by molar-refractivity contribution is -0.347. The third-order valence-corrected chi connectivity index (χ3v) is 9.23. The smallest absolute Gasteiger partial charge is 0.341 e. The number of carbonyl (C=O) groups excluding carboxylic acids is 4. The molecule has 344 valence electrons. The Balaban J connectivity index is 2.54. The minimum atomic E-state index is -7.01. The van der Waals surface area contributed by atoms with Gasteiger partial charge in [-0.3, -0.25) is 29.1 Å². The summed E-state index contributed by atoms with van der Waals surface area (Å²) in [7, 11) is 7.32. The SMILES string of the molecule is CCN(CCN(C)C)C(=O)CNCc1cc(CN(C(=O)C(F)(F)CC)N(Cc2ccnc(CNCC(=O)N(CC)CCN(C)C)c2)C(=O)C(F)(F)C(F)(F)C(F)(F)F)ccn1. The summed E-state index contributed by atoms with van der Waals surface area (Å²) >= 11 is 0. The molecule has 0 aliphatic heterocycles. The quantitative estimate of drug-likeness (QED) is 0.119. The molecule has 0 bridgehead atoms. The summed E-state index contributed by atoms with van der Waals surface area (Å²) in [5.74, 6) is -24.3. The number of hydrogen-bond acceptors (Lipinski definition) is 10. The molecule has 0 radical (unpaired) electrons. The predicted molar refractivity (Wildman–Crippen MR) is 206 cm³/mol. The predicted octanol–water partition coefficient (Wildman–Crippen LogP) is 3.63. The van der Waals surface area contributed by atoms with Crippen molar-refractivity contribution in [3.63, 3.8) is 0 Å². The van der Waals surface area contributed by atoms with E-state index in [2.05, 4.69) is 20.6 Å². The lowest BCUT2D eigenvalue weighted by Gasteiger charge is -2.39. The van der Waals surface area contributed by atoms with Gasteiger partial charge in [0.1, 0.15) is 0 Å². The first kappa shape index (κ1) is 52.5. The Hall–Kier alpha value is -4.61. The van der Waals surface area contributed by atoms with E-state index < -0.39 is 60.3 Å². The van der Waals surface area contributed by atoms with Gasteiger partial charge in [0.05, 0.1) is 37.6 Å². The van der Waals surface area contributed by atoms with Gasteiger partial charge in [-0.05, 0) is 77.4 Å². The molecule has 2 aromatic rings. The zero-order chi connectivity index (χ0) is 46.3. The molecule has 14 nitrogen and oxygen atoms in total. The number of hydrazine groups is 1. The highest BCUT2D eigenvalue weighted by molar-refractivity contribution is 5.90. The minimum absolute atomic E-state index is 0.0581. The molecule has 2 heterocycles. The molecule has 61 heavy (non-hydrogen) atoms. The Kier molecular flexibility index (Phi) is 19.8. The molecule has 4 amide bonds. The molecule has 2 rings (SSSR count).